The van der Waals surface area contributed by atoms with Gasteiger partial charge in [-0.3, -0.25) is 0 Å². The van der Waals surface area contributed by atoms with Crippen LogP contribution in [0.15, 0.2) is 41.8 Å². The Morgan fingerprint density at radius 2 is 1.75 bits per heavy atom. The van der Waals surface area contributed by atoms with Crippen molar-refractivity contribution in [3.05, 3.63) is 52.2 Å². The SMILES string of the molecule is CN(C)c1ccc(C=Cc2cccs2)cc1. The topological polar surface area (TPSA) is 3.24 Å². The van der Waals surface area contributed by atoms with Gasteiger partial charge in [0.05, 0.1) is 0 Å². The molecule has 82 valence electrons. The minimum atomic E-state index is 1.23. The minimum Gasteiger partial charge on any atom is -0.378 e. The molecule has 16 heavy (non-hydrogen) atoms. The van der Waals surface area contributed by atoms with Crippen LogP contribution in [0.3, 0.4) is 0 Å². The Labute approximate surface area is 101 Å². The van der Waals surface area contributed by atoms with E-state index in [4.69, 9.17) is 0 Å². The molecule has 2 aromatic rings. The molecule has 0 amide bonds. The monoisotopic (exact) mass is 229 g/mol. The lowest BCUT2D eigenvalue weighted by atomic mass is 10.2. The fourth-order valence-corrected chi connectivity index (χ4v) is 2.07. The highest BCUT2D eigenvalue weighted by atomic mass is 32.1. The average Bonchev–Trinajstić information content (AvgIpc) is 2.80. The van der Waals surface area contributed by atoms with Crippen molar-refractivity contribution >= 4 is 29.2 Å². The summed E-state index contributed by atoms with van der Waals surface area (Å²) in [4.78, 5) is 3.39. The minimum absolute atomic E-state index is 1.23. The van der Waals surface area contributed by atoms with E-state index in [1.807, 2.05) is 0 Å². The van der Waals surface area contributed by atoms with E-state index in [-0.39, 0.29) is 0 Å². The molecule has 0 saturated heterocycles. The molecule has 0 unspecified atom stereocenters. The molecular formula is C14H15NS. The van der Waals surface area contributed by atoms with E-state index in [0.717, 1.165) is 0 Å². The fraction of sp³-hybridized carbons (Fsp3) is 0.143. The van der Waals surface area contributed by atoms with E-state index in [0.29, 0.717) is 0 Å². The number of thiophene rings is 1. The highest BCUT2D eigenvalue weighted by Gasteiger charge is 1.93. The van der Waals surface area contributed by atoms with Crippen molar-refractivity contribution < 1.29 is 0 Å². The summed E-state index contributed by atoms with van der Waals surface area (Å²) >= 11 is 1.76. The molecule has 1 nitrogen and oxygen atoms in total. The zero-order chi connectivity index (χ0) is 11.4. The Bertz CT molecular complexity index is 452. The zero-order valence-electron chi connectivity index (χ0n) is 9.55. The number of nitrogens with zero attached hydrogens (tertiary/aromatic N) is 1. The summed E-state index contributed by atoms with van der Waals surface area (Å²) in [5.74, 6) is 0. The van der Waals surface area contributed by atoms with Gasteiger partial charge in [0.1, 0.15) is 0 Å². The van der Waals surface area contributed by atoms with Gasteiger partial charge in [0, 0.05) is 24.7 Å². The highest BCUT2D eigenvalue weighted by Crippen LogP contribution is 2.16. The van der Waals surface area contributed by atoms with Gasteiger partial charge in [0.25, 0.3) is 0 Å². The van der Waals surface area contributed by atoms with E-state index in [2.05, 4.69) is 72.9 Å². The molecule has 0 fully saturated rings. The number of hydrogen-bond acceptors (Lipinski definition) is 2. The standard InChI is InChI=1S/C14H15NS/c1-15(2)13-8-5-12(6-9-13)7-10-14-4-3-11-16-14/h3-11H,1-2H3. The Morgan fingerprint density at radius 1 is 1.00 bits per heavy atom. The summed E-state index contributed by atoms with van der Waals surface area (Å²) in [6.07, 6.45) is 4.29. The maximum Gasteiger partial charge on any atom is 0.0361 e. The maximum atomic E-state index is 2.15. The van der Waals surface area contributed by atoms with E-state index in [1.54, 1.807) is 11.3 Å². The molecule has 0 N–H and O–H groups in total. The predicted octanol–water partition coefficient (Wildman–Crippen LogP) is 3.98. The second kappa shape index (κ2) is 4.99. The van der Waals surface area contributed by atoms with Crippen molar-refractivity contribution in [1.29, 1.82) is 0 Å². The molecular weight excluding hydrogens is 214 g/mol. The molecule has 2 rings (SSSR count). The third kappa shape index (κ3) is 2.74. The Balaban J connectivity index is 2.11. The van der Waals surface area contributed by atoms with Crippen molar-refractivity contribution in [2.45, 2.75) is 0 Å². The Kier molecular flexibility index (Phi) is 3.42. The third-order valence-electron chi connectivity index (χ3n) is 2.39. The van der Waals surface area contributed by atoms with Gasteiger partial charge in [0.15, 0.2) is 0 Å². The summed E-state index contributed by atoms with van der Waals surface area (Å²) in [6.45, 7) is 0. The molecule has 1 aromatic carbocycles. The molecule has 0 radical (unpaired) electrons. The second-order valence-electron chi connectivity index (χ2n) is 3.83. The number of anilines is 1. The first-order valence-corrected chi connectivity index (χ1v) is 6.12. The van der Waals surface area contributed by atoms with Crippen molar-refractivity contribution in [3.63, 3.8) is 0 Å². The van der Waals surface area contributed by atoms with Crippen LogP contribution in [-0.2, 0) is 0 Å². The van der Waals surface area contributed by atoms with Crippen LogP contribution in [0.1, 0.15) is 10.4 Å². The van der Waals surface area contributed by atoms with E-state index >= 15 is 0 Å². The van der Waals surface area contributed by atoms with Gasteiger partial charge in [-0.15, -0.1) is 11.3 Å². The maximum absolute atomic E-state index is 2.15. The Hall–Kier alpha value is -1.54. The van der Waals surface area contributed by atoms with Gasteiger partial charge in [0.2, 0.25) is 0 Å². The molecule has 1 aromatic heterocycles. The molecule has 0 aliphatic heterocycles. The highest BCUT2D eigenvalue weighted by molar-refractivity contribution is 7.10. The lowest BCUT2D eigenvalue weighted by Gasteiger charge is -2.11. The summed E-state index contributed by atoms with van der Waals surface area (Å²) in [7, 11) is 4.10. The van der Waals surface area contributed by atoms with E-state index in [9.17, 15) is 0 Å². The number of hydrogen-bond donors (Lipinski definition) is 0. The third-order valence-corrected chi connectivity index (χ3v) is 3.23. The van der Waals surface area contributed by atoms with Crippen LogP contribution >= 0.6 is 11.3 Å². The van der Waals surface area contributed by atoms with Crippen molar-refractivity contribution in [1.82, 2.24) is 0 Å². The van der Waals surface area contributed by atoms with E-state index in [1.165, 1.54) is 16.1 Å². The largest absolute Gasteiger partial charge is 0.378 e. The molecule has 1 heterocycles. The van der Waals surface area contributed by atoms with Gasteiger partial charge in [-0.05, 0) is 35.2 Å². The molecule has 0 bridgehead atoms. The van der Waals surface area contributed by atoms with Crippen LogP contribution in [0.2, 0.25) is 0 Å². The van der Waals surface area contributed by atoms with Crippen LogP contribution in [-0.4, -0.2) is 14.1 Å². The normalized spacial score (nSPS) is 10.9. The quantitative estimate of drug-likeness (QED) is 0.769. The Morgan fingerprint density at radius 3 is 2.31 bits per heavy atom. The first-order valence-electron chi connectivity index (χ1n) is 5.25. The molecule has 2 heteroatoms. The first-order chi connectivity index (χ1) is 7.75. The van der Waals surface area contributed by atoms with Crippen LogP contribution in [0.5, 0.6) is 0 Å². The number of benzene rings is 1. The van der Waals surface area contributed by atoms with Gasteiger partial charge in [-0.25, -0.2) is 0 Å². The molecule has 0 aliphatic rings. The lowest BCUT2D eigenvalue weighted by molar-refractivity contribution is 1.13. The van der Waals surface area contributed by atoms with Gasteiger partial charge in [-0.1, -0.05) is 24.3 Å². The summed E-state index contributed by atoms with van der Waals surface area (Å²) < 4.78 is 0. The van der Waals surface area contributed by atoms with Crippen LogP contribution in [0.25, 0.3) is 12.2 Å². The molecule has 0 spiro atoms. The van der Waals surface area contributed by atoms with Crippen LogP contribution in [0.4, 0.5) is 5.69 Å². The smallest absolute Gasteiger partial charge is 0.0361 e. The summed E-state index contributed by atoms with van der Waals surface area (Å²) in [5, 5.41) is 2.09. The van der Waals surface area contributed by atoms with E-state index < -0.39 is 0 Å². The lowest BCUT2D eigenvalue weighted by Crippen LogP contribution is -2.07. The van der Waals surface area contributed by atoms with Crippen LogP contribution < -0.4 is 4.90 Å². The summed E-state index contributed by atoms with van der Waals surface area (Å²) in [5.41, 5.74) is 2.47. The predicted molar refractivity (Wildman–Crippen MR) is 74.0 cm³/mol. The van der Waals surface area contributed by atoms with Gasteiger partial charge >= 0.3 is 0 Å². The van der Waals surface area contributed by atoms with Gasteiger partial charge in [-0.2, -0.15) is 0 Å². The van der Waals surface area contributed by atoms with Crippen molar-refractivity contribution in [2.24, 2.45) is 0 Å². The average molecular weight is 229 g/mol. The van der Waals surface area contributed by atoms with Crippen LogP contribution in [0, 0.1) is 0 Å². The zero-order valence-corrected chi connectivity index (χ0v) is 10.4. The van der Waals surface area contributed by atoms with Gasteiger partial charge < -0.3 is 4.90 Å². The molecule has 0 saturated carbocycles. The molecule has 0 aliphatic carbocycles. The fourth-order valence-electron chi connectivity index (χ4n) is 1.45. The second-order valence-corrected chi connectivity index (χ2v) is 4.81. The van der Waals surface area contributed by atoms with Crippen molar-refractivity contribution in [2.75, 3.05) is 19.0 Å². The molecule has 0 atom stereocenters. The number of rotatable bonds is 3. The first kappa shape index (κ1) is 11.0. The van der Waals surface area contributed by atoms with Crippen molar-refractivity contribution in [3.8, 4) is 0 Å². The summed E-state index contributed by atoms with van der Waals surface area (Å²) in [6, 6.07) is 12.7.